The van der Waals surface area contributed by atoms with Crippen molar-refractivity contribution in [2.75, 3.05) is 18.2 Å². The molecule has 7 heteroatoms. The zero-order valence-corrected chi connectivity index (χ0v) is 17.8. The predicted octanol–water partition coefficient (Wildman–Crippen LogP) is 3.26. The molecule has 6 nitrogen and oxygen atoms in total. The van der Waals surface area contributed by atoms with Gasteiger partial charge >= 0.3 is 0 Å². The van der Waals surface area contributed by atoms with Crippen LogP contribution in [0.5, 0.6) is 11.5 Å². The molecule has 156 valence electrons. The molecule has 1 saturated heterocycles. The first-order valence-corrected chi connectivity index (χ1v) is 11.9. The van der Waals surface area contributed by atoms with Crippen LogP contribution in [0, 0.1) is 13.8 Å². The number of carbonyl (C=O) groups is 1. The summed E-state index contributed by atoms with van der Waals surface area (Å²) in [5.74, 6) is 1.77. The number of Topliss-reactive ketones (excluding diaryl/α,β-unsaturated/α-hetero) is 1. The summed E-state index contributed by atoms with van der Waals surface area (Å²) < 4.78 is 35.8. The molecule has 0 aliphatic carbocycles. The molecule has 2 aromatic carbocycles. The van der Waals surface area contributed by atoms with Crippen LogP contribution in [0.2, 0.25) is 0 Å². The molecule has 1 atom stereocenters. The van der Waals surface area contributed by atoms with Crippen molar-refractivity contribution >= 4 is 21.7 Å². The van der Waals surface area contributed by atoms with Crippen molar-refractivity contribution in [2.24, 2.45) is 0 Å². The minimum atomic E-state index is -2.99. The van der Waals surface area contributed by atoms with Gasteiger partial charge in [0.15, 0.2) is 15.6 Å². The van der Waals surface area contributed by atoms with E-state index in [1.54, 1.807) is 6.08 Å². The van der Waals surface area contributed by atoms with E-state index in [0.717, 1.165) is 22.3 Å². The van der Waals surface area contributed by atoms with E-state index in [4.69, 9.17) is 9.47 Å². The first kappa shape index (κ1) is 19.3. The van der Waals surface area contributed by atoms with Crippen LogP contribution in [-0.4, -0.2) is 43.4 Å². The van der Waals surface area contributed by atoms with Crippen molar-refractivity contribution in [1.82, 2.24) is 4.90 Å². The van der Waals surface area contributed by atoms with Crippen molar-refractivity contribution in [2.45, 2.75) is 32.9 Å². The lowest BCUT2D eigenvalue weighted by molar-refractivity contribution is 0.0633. The van der Waals surface area contributed by atoms with E-state index >= 15 is 0 Å². The highest BCUT2D eigenvalue weighted by atomic mass is 32.2. The van der Waals surface area contributed by atoms with Gasteiger partial charge in [0.05, 0.1) is 22.6 Å². The fraction of sp³-hybridized carbons (Fsp3) is 0.348. The topological polar surface area (TPSA) is 72.9 Å². The minimum Gasteiger partial charge on any atom is -0.478 e. The second-order valence-electron chi connectivity index (χ2n) is 8.30. The molecule has 3 heterocycles. The monoisotopic (exact) mass is 425 g/mol. The molecule has 0 N–H and O–H groups in total. The van der Waals surface area contributed by atoms with Crippen molar-refractivity contribution in [1.29, 1.82) is 0 Å². The standard InChI is InChI=1S/C23H23NO5S/c1-14-3-5-16(6-4-14)10-20-22(25)21-15(2)9-19-18(23(21)29-20)11-24(13-28-19)17-7-8-30(26,27)12-17/h3-6,9-10,17H,7-8,11-13H2,1-2H3/b20-10-. The van der Waals surface area contributed by atoms with E-state index in [0.29, 0.717) is 42.5 Å². The third-order valence-electron chi connectivity index (χ3n) is 6.05. The quantitative estimate of drug-likeness (QED) is 0.688. The number of allylic oxidation sites excluding steroid dienone is 1. The molecule has 0 saturated carbocycles. The van der Waals surface area contributed by atoms with Crippen LogP contribution in [0.25, 0.3) is 6.08 Å². The van der Waals surface area contributed by atoms with Crippen LogP contribution in [0.4, 0.5) is 0 Å². The molecule has 30 heavy (non-hydrogen) atoms. The minimum absolute atomic E-state index is 0.0696. The van der Waals surface area contributed by atoms with E-state index in [9.17, 15) is 13.2 Å². The highest BCUT2D eigenvalue weighted by Crippen LogP contribution is 2.44. The summed E-state index contributed by atoms with van der Waals surface area (Å²) in [6.45, 7) is 4.74. The van der Waals surface area contributed by atoms with Crippen LogP contribution >= 0.6 is 0 Å². The molecule has 3 aliphatic rings. The van der Waals surface area contributed by atoms with Gasteiger partial charge in [0.1, 0.15) is 18.2 Å². The number of sulfone groups is 1. The highest BCUT2D eigenvalue weighted by Gasteiger charge is 2.39. The number of ketones is 1. The molecule has 0 radical (unpaired) electrons. The van der Waals surface area contributed by atoms with E-state index < -0.39 is 9.84 Å². The van der Waals surface area contributed by atoms with Crippen molar-refractivity contribution in [3.05, 3.63) is 63.9 Å². The lowest BCUT2D eigenvalue weighted by atomic mass is 9.98. The smallest absolute Gasteiger partial charge is 0.232 e. The third kappa shape index (κ3) is 3.32. The van der Waals surface area contributed by atoms with Gasteiger partial charge in [-0.1, -0.05) is 29.8 Å². The summed E-state index contributed by atoms with van der Waals surface area (Å²) in [5.41, 5.74) is 4.24. The van der Waals surface area contributed by atoms with E-state index in [-0.39, 0.29) is 23.3 Å². The summed E-state index contributed by atoms with van der Waals surface area (Å²) in [6, 6.07) is 9.71. The van der Waals surface area contributed by atoms with Crippen LogP contribution in [-0.2, 0) is 16.4 Å². The lowest BCUT2D eigenvalue weighted by Crippen LogP contribution is -2.41. The van der Waals surface area contributed by atoms with Gasteiger partial charge in [-0.15, -0.1) is 0 Å². The van der Waals surface area contributed by atoms with Crippen molar-refractivity contribution < 1.29 is 22.7 Å². The Hall–Kier alpha value is -2.64. The maximum atomic E-state index is 13.1. The molecule has 0 spiro atoms. The summed E-state index contributed by atoms with van der Waals surface area (Å²) in [7, 11) is -2.99. The summed E-state index contributed by atoms with van der Waals surface area (Å²) >= 11 is 0. The van der Waals surface area contributed by atoms with Gasteiger partial charge in [-0.25, -0.2) is 8.42 Å². The van der Waals surface area contributed by atoms with E-state index in [1.807, 2.05) is 49.1 Å². The van der Waals surface area contributed by atoms with Gasteiger partial charge in [-0.05, 0) is 43.5 Å². The Labute approximate surface area is 176 Å². The number of ether oxygens (including phenoxy) is 2. The first-order chi connectivity index (χ1) is 14.3. The number of aryl methyl sites for hydroxylation is 2. The van der Waals surface area contributed by atoms with Crippen molar-refractivity contribution in [3.63, 3.8) is 0 Å². The molecule has 0 amide bonds. The van der Waals surface area contributed by atoms with Crippen LogP contribution in [0.15, 0.2) is 36.1 Å². The number of hydrogen-bond donors (Lipinski definition) is 0. The number of nitrogens with zero attached hydrogens (tertiary/aromatic N) is 1. The third-order valence-corrected chi connectivity index (χ3v) is 7.80. The summed E-state index contributed by atoms with van der Waals surface area (Å²) in [6.07, 6.45) is 2.37. The molecule has 0 aromatic heterocycles. The second-order valence-corrected chi connectivity index (χ2v) is 10.5. The molecule has 1 fully saturated rings. The first-order valence-electron chi connectivity index (χ1n) is 10.1. The highest BCUT2D eigenvalue weighted by molar-refractivity contribution is 7.91. The van der Waals surface area contributed by atoms with Gasteiger partial charge in [0, 0.05) is 12.6 Å². The Balaban J connectivity index is 1.49. The van der Waals surface area contributed by atoms with Gasteiger partial charge in [0.2, 0.25) is 5.78 Å². The van der Waals surface area contributed by atoms with Crippen molar-refractivity contribution in [3.8, 4) is 11.5 Å². The van der Waals surface area contributed by atoms with E-state index in [1.165, 1.54) is 0 Å². The fourth-order valence-electron chi connectivity index (χ4n) is 4.36. The molecule has 0 bridgehead atoms. The van der Waals surface area contributed by atoms with Gasteiger partial charge in [-0.2, -0.15) is 0 Å². The largest absolute Gasteiger partial charge is 0.478 e. The summed E-state index contributed by atoms with van der Waals surface area (Å²) in [5, 5.41) is 0. The Morgan fingerprint density at radius 3 is 2.63 bits per heavy atom. The lowest BCUT2D eigenvalue weighted by Gasteiger charge is -2.33. The molecular weight excluding hydrogens is 402 g/mol. The summed E-state index contributed by atoms with van der Waals surface area (Å²) in [4.78, 5) is 15.1. The molecule has 3 aliphatic heterocycles. The van der Waals surface area contributed by atoms with Gasteiger partial charge < -0.3 is 9.47 Å². The number of benzene rings is 2. The van der Waals surface area contributed by atoms with Crippen LogP contribution < -0.4 is 9.47 Å². The van der Waals surface area contributed by atoms with E-state index in [2.05, 4.69) is 0 Å². The van der Waals surface area contributed by atoms with Crippen LogP contribution in [0.3, 0.4) is 0 Å². The van der Waals surface area contributed by atoms with Gasteiger partial charge in [0.25, 0.3) is 0 Å². The maximum absolute atomic E-state index is 13.1. The normalized spacial score (nSPS) is 23.7. The zero-order valence-electron chi connectivity index (χ0n) is 17.0. The predicted molar refractivity (Wildman–Crippen MR) is 113 cm³/mol. The second kappa shape index (κ2) is 6.96. The molecular formula is C23H23NO5S. The number of rotatable bonds is 2. The molecule has 2 aromatic rings. The fourth-order valence-corrected chi connectivity index (χ4v) is 6.12. The maximum Gasteiger partial charge on any atom is 0.232 e. The van der Waals surface area contributed by atoms with Crippen LogP contribution in [0.1, 0.15) is 39.0 Å². The number of hydrogen-bond acceptors (Lipinski definition) is 6. The van der Waals surface area contributed by atoms with Gasteiger partial charge in [-0.3, -0.25) is 9.69 Å². The Kier molecular flexibility index (Phi) is 4.48. The Morgan fingerprint density at radius 1 is 1.17 bits per heavy atom. The number of fused-ring (bicyclic) bond motifs is 3. The Morgan fingerprint density at radius 2 is 1.93 bits per heavy atom. The molecule has 5 rings (SSSR count). The zero-order chi connectivity index (χ0) is 21.0. The molecule has 1 unspecified atom stereocenters. The Bertz CT molecular complexity index is 1180. The average Bonchev–Trinajstić information content (AvgIpc) is 3.23. The average molecular weight is 426 g/mol. The SMILES string of the molecule is Cc1ccc(/C=C2\Oc3c4c(cc(C)c3C2=O)OCN(C2CCS(=O)(=O)C2)C4)cc1. The number of carbonyl (C=O) groups excluding carboxylic acids is 1.